The number of benzene rings is 1. The minimum Gasteiger partial charge on any atom is -0.375 e. The molecule has 1 unspecified atom stereocenters. The van der Waals surface area contributed by atoms with Crippen LogP contribution in [0.3, 0.4) is 0 Å². The fourth-order valence-corrected chi connectivity index (χ4v) is 4.71. The van der Waals surface area contributed by atoms with E-state index < -0.39 is 0 Å². The molecule has 128 valence electrons. The van der Waals surface area contributed by atoms with Crippen LogP contribution in [0.15, 0.2) is 35.7 Å². The Hall–Kier alpha value is -2.25. The highest BCUT2D eigenvalue weighted by molar-refractivity contribution is 7.22. The first-order valence-corrected chi connectivity index (χ1v) is 9.84. The van der Waals surface area contributed by atoms with Gasteiger partial charge in [-0.25, -0.2) is 4.98 Å². The number of hydrogen-bond donors (Lipinski definition) is 1. The van der Waals surface area contributed by atoms with Crippen LogP contribution in [-0.2, 0) is 0 Å². The van der Waals surface area contributed by atoms with Gasteiger partial charge in [-0.05, 0) is 42.5 Å². The second kappa shape index (κ2) is 6.57. The molecule has 1 aliphatic heterocycles. The second-order valence-corrected chi connectivity index (χ2v) is 8.18. The van der Waals surface area contributed by atoms with Gasteiger partial charge in [0, 0.05) is 24.6 Å². The molecule has 3 heterocycles. The maximum absolute atomic E-state index is 12.9. The average molecular weight is 371 g/mol. The van der Waals surface area contributed by atoms with Crippen LogP contribution in [0.4, 0.5) is 5.13 Å². The van der Waals surface area contributed by atoms with E-state index in [9.17, 15) is 9.59 Å². The summed E-state index contributed by atoms with van der Waals surface area (Å²) in [5.74, 6) is -0.0117. The van der Waals surface area contributed by atoms with E-state index >= 15 is 0 Å². The van der Waals surface area contributed by atoms with E-state index in [2.05, 4.69) is 4.98 Å². The van der Waals surface area contributed by atoms with Crippen LogP contribution < -0.4 is 5.73 Å². The van der Waals surface area contributed by atoms with Gasteiger partial charge in [0.25, 0.3) is 5.91 Å². The van der Waals surface area contributed by atoms with Crippen molar-refractivity contribution in [2.75, 3.05) is 18.8 Å². The number of nitrogens with two attached hydrogens (primary N) is 1. The second-order valence-electron chi connectivity index (χ2n) is 6.17. The summed E-state index contributed by atoms with van der Waals surface area (Å²) in [5, 5.41) is 2.41. The SMILES string of the molecule is Nc1nc2cc(C(=O)N3CCCC(C(=O)c4cccs4)C3)ccc2s1. The Bertz CT molecular complexity index is 933. The molecule has 25 heavy (non-hydrogen) atoms. The van der Waals surface area contributed by atoms with Crippen LogP contribution in [0, 0.1) is 5.92 Å². The normalized spacial score (nSPS) is 17.8. The summed E-state index contributed by atoms with van der Waals surface area (Å²) in [7, 11) is 0. The number of likely N-dealkylation sites (tertiary alicyclic amines) is 1. The third-order valence-electron chi connectivity index (χ3n) is 4.49. The molecular weight excluding hydrogens is 354 g/mol. The fraction of sp³-hybridized carbons (Fsp3) is 0.278. The summed E-state index contributed by atoms with van der Waals surface area (Å²) in [6.07, 6.45) is 1.68. The third kappa shape index (κ3) is 3.17. The van der Waals surface area contributed by atoms with Gasteiger partial charge in [0.2, 0.25) is 0 Å². The Morgan fingerprint density at radius 3 is 2.96 bits per heavy atom. The summed E-state index contributed by atoms with van der Waals surface area (Å²) < 4.78 is 0.971. The van der Waals surface area contributed by atoms with Gasteiger partial charge in [-0.2, -0.15) is 0 Å². The first-order chi connectivity index (χ1) is 12.1. The standard InChI is InChI=1S/C18H17N3O2S2/c19-18-20-13-9-11(5-6-14(13)25-18)17(23)21-7-1-3-12(10-21)16(22)15-4-2-8-24-15/h2,4-6,8-9,12H,1,3,7,10H2,(H2,19,20). The molecule has 1 aliphatic rings. The summed E-state index contributed by atoms with van der Waals surface area (Å²) >= 11 is 2.87. The van der Waals surface area contributed by atoms with Crippen molar-refractivity contribution in [1.29, 1.82) is 0 Å². The number of carbonyl (C=O) groups excluding carboxylic acids is 2. The van der Waals surface area contributed by atoms with E-state index in [0.29, 0.717) is 23.8 Å². The molecule has 4 rings (SSSR count). The van der Waals surface area contributed by atoms with Gasteiger partial charge >= 0.3 is 0 Å². The van der Waals surface area contributed by atoms with Crippen LogP contribution in [0.2, 0.25) is 0 Å². The minimum atomic E-state index is -0.116. The number of hydrogen-bond acceptors (Lipinski definition) is 6. The number of amides is 1. The monoisotopic (exact) mass is 371 g/mol. The molecule has 1 amide bonds. The highest BCUT2D eigenvalue weighted by atomic mass is 32.1. The number of thiophene rings is 1. The molecule has 1 atom stereocenters. The van der Waals surface area contributed by atoms with Crippen molar-refractivity contribution in [3.05, 3.63) is 46.2 Å². The predicted octanol–water partition coefficient (Wildman–Crippen LogP) is 3.68. The van der Waals surface area contributed by atoms with Crippen molar-refractivity contribution in [3.63, 3.8) is 0 Å². The topological polar surface area (TPSA) is 76.3 Å². The van der Waals surface area contributed by atoms with Crippen LogP contribution >= 0.6 is 22.7 Å². The van der Waals surface area contributed by atoms with Crippen LogP contribution in [-0.4, -0.2) is 34.7 Å². The molecule has 3 aromatic rings. The van der Waals surface area contributed by atoms with Crippen molar-refractivity contribution >= 4 is 49.7 Å². The quantitative estimate of drug-likeness (QED) is 0.713. The van der Waals surface area contributed by atoms with Crippen molar-refractivity contribution in [3.8, 4) is 0 Å². The maximum atomic E-state index is 12.9. The summed E-state index contributed by atoms with van der Waals surface area (Å²) in [6.45, 7) is 1.16. The number of fused-ring (bicyclic) bond motifs is 1. The van der Waals surface area contributed by atoms with Crippen molar-refractivity contribution in [2.24, 2.45) is 5.92 Å². The van der Waals surface area contributed by atoms with Crippen molar-refractivity contribution in [1.82, 2.24) is 9.88 Å². The first-order valence-electron chi connectivity index (χ1n) is 8.15. The zero-order valence-corrected chi connectivity index (χ0v) is 15.1. The Morgan fingerprint density at radius 1 is 1.28 bits per heavy atom. The summed E-state index contributed by atoms with van der Waals surface area (Å²) in [4.78, 5) is 32.3. The van der Waals surface area contributed by atoms with Crippen LogP contribution in [0.25, 0.3) is 10.2 Å². The average Bonchev–Trinajstić information content (AvgIpc) is 3.28. The maximum Gasteiger partial charge on any atom is 0.253 e. The lowest BCUT2D eigenvalue weighted by Gasteiger charge is -2.32. The van der Waals surface area contributed by atoms with E-state index in [4.69, 9.17) is 5.73 Å². The first kappa shape index (κ1) is 16.2. The molecule has 1 fully saturated rings. The Balaban J connectivity index is 1.53. The van der Waals surface area contributed by atoms with Crippen LogP contribution in [0.1, 0.15) is 32.9 Å². The molecule has 0 bridgehead atoms. The lowest BCUT2D eigenvalue weighted by molar-refractivity contribution is 0.0638. The zero-order valence-electron chi connectivity index (χ0n) is 13.5. The number of anilines is 1. The number of rotatable bonds is 3. The van der Waals surface area contributed by atoms with Crippen molar-refractivity contribution < 1.29 is 9.59 Å². The number of Topliss-reactive ketones (excluding diaryl/α,β-unsaturated/α-hetero) is 1. The molecule has 1 aromatic carbocycles. The number of carbonyl (C=O) groups is 2. The zero-order chi connectivity index (χ0) is 17.4. The molecular formula is C18H17N3O2S2. The molecule has 2 aromatic heterocycles. The molecule has 1 saturated heterocycles. The van der Waals surface area contributed by atoms with Gasteiger partial charge in [-0.3, -0.25) is 9.59 Å². The predicted molar refractivity (Wildman–Crippen MR) is 101 cm³/mol. The Kier molecular flexibility index (Phi) is 4.27. The fourth-order valence-electron chi connectivity index (χ4n) is 3.26. The number of piperidine rings is 1. The summed E-state index contributed by atoms with van der Waals surface area (Å²) in [5.41, 5.74) is 7.08. The molecule has 0 saturated carbocycles. The van der Waals surface area contributed by atoms with Crippen molar-refractivity contribution in [2.45, 2.75) is 12.8 Å². The molecule has 0 aliphatic carbocycles. The van der Waals surface area contributed by atoms with E-state index in [-0.39, 0.29) is 17.6 Å². The molecule has 5 nitrogen and oxygen atoms in total. The Morgan fingerprint density at radius 2 is 2.16 bits per heavy atom. The number of nitrogens with zero attached hydrogens (tertiary/aromatic N) is 2. The lowest BCUT2D eigenvalue weighted by Crippen LogP contribution is -2.42. The highest BCUT2D eigenvalue weighted by Crippen LogP contribution is 2.27. The van der Waals surface area contributed by atoms with Gasteiger partial charge in [0.05, 0.1) is 15.1 Å². The Labute approximate surface area is 153 Å². The molecule has 2 N–H and O–H groups in total. The van der Waals surface area contributed by atoms with Gasteiger partial charge in [-0.15, -0.1) is 11.3 Å². The molecule has 7 heteroatoms. The van der Waals surface area contributed by atoms with Gasteiger partial charge in [0.1, 0.15) is 0 Å². The number of nitrogen functional groups attached to an aromatic ring is 1. The third-order valence-corrected chi connectivity index (χ3v) is 6.24. The van der Waals surface area contributed by atoms with E-state index in [1.807, 2.05) is 29.6 Å². The summed E-state index contributed by atoms with van der Waals surface area (Å²) in [6, 6.07) is 9.23. The minimum absolute atomic E-state index is 0.0443. The van der Waals surface area contributed by atoms with Crippen LogP contribution in [0.5, 0.6) is 0 Å². The number of aromatic nitrogens is 1. The highest BCUT2D eigenvalue weighted by Gasteiger charge is 2.30. The van der Waals surface area contributed by atoms with E-state index in [1.54, 1.807) is 11.0 Å². The van der Waals surface area contributed by atoms with Gasteiger partial charge in [-0.1, -0.05) is 17.4 Å². The van der Waals surface area contributed by atoms with E-state index in [1.165, 1.54) is 22.7 Å². The number of ketones is 1. The largest absolute Gasteiger partial charge is 0.375 e. The molecule has 0 radical (unpaired) electrons. The lowest BCUT2D eigenvalue weighted by atomic mass is 9.92. The smallest absolute Gasteiger partial charge is 0.253 e. The molecule has 0 spiro atoms. The number of thiazole rings is 1. The van der Waals surface area contributed by atoms with Gasteiger partial charge in [0.15, 0.2) is 10.9 Å². The van der Waals surface area contributed by atoms with E-state index in [0.717, 1.165) is 27.9 Å². The van der Waals surface area contributed by atoms with Gasteiger partial charge < -0.3 is 10.6 Å².